The van der Waals surface area contributed by atoms with E-state index in [0.717, 1.165) is 29.8 Å². The number of nitrogens with zero attached hydrogens (tertiary/aromatic N) is 3. The van der Waals surface area contributed by atoms with E-state index in [4.69, 9.17) is 28.6 Å². The van der Waals surface area contributed by atoms with Crippen molar-refractivity contribution in [3.8, 4) is 0 Å². The molecule has 0 unspecified atom stereocenters. The van der Waals surface area contributed by atoms with Gasteiger partial charge in [-0.15, -0.1) is 0 Å². The lowest BCUT2D eigenvalue weighted by atomic mass is 10.1. The molecule has 1 saturated heterocycles. The number of morpholine rings is 1. The molecule has 0 atom stereocenters. The van der Waals surface area contributed by atoms with E-state index in [1.165, 1.54) is 12.1 Å². The third kappa shape index (κ3) is 5.22. The maximum absolute atomic E-state index is 10.7. The molecule has 1 fully saturated rings. The normalized spacial score (nSPS) is 15.0. The second-order valence-electron chi connectivity index (χ2n) is 6.08. The molecular formula is C20H18ClN3O3S. The third-order valence-electron chi connectivity index (χ3n) is 4.22. The standard InChI is InChI=1S/C20H18ClN3O3S/c21-17-5-3-16(4-6-17)19(20(28)23-9-11-27-12-10-23)14-22-13-15-1-7-18(8-2-15)24(25)26/h1-8,13-14H,9-12H2/b19-14+,22-13?. The molecule has 0 radical (unpaired) electrons. The van der Waals surface area contributed by atoms with Crippen LogP contribution < -0.4 is 0 Å². The van der Waals surface area contributed by atoms with E-state index in [0.29, 0.717) is 23.2 Å². The molecule has 28 heavy (non-hydrogen) atoms. The highest BCUT2D eigenvalue weighted by Crippen LogP contribution is 2.22. The highest BCUT2D eigenvalue weighted by Gasteiger charge is 2.18. The summed E-state index contributed by atoms with van der Waals surface area (Å²) in [5.41, 5.74) is 2.53. The van der Waals surface area contributed by atoms with E-state index in [-0.39, 0.29) is 5.69 Å². The van der Waals surface area contributed by atoms with Crippen LogP contribution in [0.1, 0.15) is 11.1 Å². The topological polar surface area (TPSA) is 68.0 Å². The highest BCUT2D eigenvalue weighted by atomic mass is 35.5. The summed E-state index contributed by atoms with van der Waals surface area (Å²) in [4.78, 5) is 17.5. The molecule has 0 spiro atoms. The second kappa shape index (κ2) is 9.54. The van der Waals surface area contributed by atoms with E-state index in [1.54, 1.807) is 24.5 Å². The Kier molecular flexibility index (Phi) is 6.86. The molecule has 0 bridgehead atoms. The van der Waals surface area contributed by atoms with Crippen molar-refractivity contribution in [2.24, 2.45) is 4.99 Å². The average molecular weight is 416 g/mol. The Morgan fingerprint density at radius 3 is 2.39 bits per heavy atom. The van der Waals surface area contributed by atoms with E-state index in [2.05, 4.69) is 9.89 Å². The van der Waals surface area contributed by atoms with Gasteiger partial charge in [-0.25, -0.2) is 0 Å². The van der Waals surface area contributed by atoms with Crippen LogP contribution in [0.3, 0.4) is 0 Å². The summed E-state index contributed by atoms with van der Waals surface area (Å²) >= 11 is 11.7. The zero-order valence-corrected chi connectivity index (χ0v) is 16.5. The number of hydrogen-bond donors (Lipinski definition) is 0. The quantitative estimate of drug-likeness (QED) is 0.238. The number of non-ortho nitro benzene ring substituents is 1. The monoisotopic (exact) mass is 415 g/mol. The fourth-order valence-corrected chi connectivity index (χ4v) is 3.18. The first-order valence-electron chi connectivity index (χ1n) is 8.65. The van der Waals surface area contributed by atoms with Gasteiger partial charge in [0.25, 0.3) is 5.69 Å². The number of thiocarbonyl (C=S) groups is 1. The summed E-state index contributed by atoms with van der Waals surface area (Å²) in [5.74, 6) is 0. The number of benzene rings is 2. The minimum Gasteiger partial charge on any atom is -0.378 e. The Morgan fingerprint density at radius 1 is 1.14 bits per heavy atom. The Labute approximate surface area is 173 Å². The molecular weight excluding hydrogens is 398 g/mol. The summed E-state index contributed by atoms with van der Waals surface area (Å²) in [6, 6.07) is 13.6. The van der Waals surface area contributed by atoms with Gasteiger partial charge >= 0.3 is 0 Å². The van der Waals surface area contributed by atoms with E-state index < -0.39 is 4.92 Å². The number of rotatable bonds is 5. The lowest BCUT2D eigenvalue weighted by Gasteiger charge is -2.30. The molecule has 1 aliphatic heterocycles. The Balaban J connectivity index is 1.85. The summed E-state index contributed by atoms with van der Waals surface area (Å²) in [7, 11) is 0. The minimum absolute atomic E-state index is 0.0445. The smallest absolute Gasteiger partial charge is 0.269 e. The van der Waals surface area contributed by atoms with Crippen LogP contribution >= 0.6 is 23.8 Å². The maximum Gasteiger partial charge on any atom is 0.269 e. The molecule has 0 aliphatic carbocycles. The molecule has 0 aromatic heterocycles. The largest absolute Gasteiger partial charge is 0.378 e. The number of nitro benzene ring substituents is 1. The van der Waals surface area contributed by atoms with Gasteiger partial charge in [0.15, 0.2) is 0 Å². The molecule has 1 aliphatic rings. The predicted molar refractivity (Wildman–Crippen MR) is 115 cm³/mol. The Bertz CT molecular complexity index is 905. The van der Waals surface area contributed by atoms with Crippen LogP contribution in [0.25, 0.3) is 5.57 Å². The van der Waals surface area contributed by atoms with Crippen LogP contribution in [0.15, 0.2) is 59.7 Å². The van der Waals surface area contributed by atoms with Crippen molar-refractivity contribution < 1.29 is 9.66 Å². The minimum atomic E-state index is -0.430. The predicted octanol–water partition coefficient (Wildman–Crippen LogP) is 4.37. The summed E-state index contributed by atoms with van der Waals surface area (Å²) in [6.07, 6.45) is 3.35. The van der Waals surface area contributed by atoms with Crippen molar-refractivity contribution in [2.75, 3.05) is 26.3 Å². The molecule has 0 N–H and O–H groups in total. The van der Waals surface area contributed by atoms with Gasteiger partial charge < -0.3 is 9.64 Å². The van der Waals surface area contributed by atoms with Crippen molar-refractivity contribution in [2.45, 2.75) is 0 Å². The van der Waals surface area contributed by atoms with Gasteiger partial charge in [0.1, 0.15) is 4.99 Å². The lowest BCUT2D eigenvalue weighted by Crippen LogP contribution is -2.40. The van der Waals surface area contributed by atoms with Crippen LogP contribution in [0.4, 0.5) is 5.69 Å². The van der Waals surface area contributed by atoms with Crippen LogP contribution in [-0.2, 0) is 4.74 Å². The summed E-state index contributed by atoms with van der Waals surface area (Å²) in [5, 5.41) is 11.4. The van der Waals surface area contributed by atoms with Gasteiger partial charge in [-0.1, -0.05) is 36.0 Å². The zero-order valence-electron chi connectivity index (χ0n) is 15.0. The summed E-state index contributed by atoms with van der Waals surface area (Å²) < 4.78 is 5.40. The fourth-order valence-electron chi connectivity index (χ4n) is 2.70. The number of ether oxygens (including phenoxy) is 1. The van der Waals surface area contributed by atoms with Crippen molar-refractivity contribution >= 4 is 46.3 Å². The first-order chi connectivity index (χ1) is 13.5. The zero-order chi connectivity index (χ0) is 19.9. The van der Waals surface area contributed by atoms with Crippen LogP contribution in [-0.4, -0.2) is 47.3 Å². The molecule has 0 amide bonds. The van der Waals surface area contributed by atoms with Gasteiger partial charge in [0.05, 0.1) is 18.1 Å². The van der Waals surface area contributed by atoms with Gasteiger partial charge in [-0.2, -0.15) is 0 Å². The Morgan fingerprint density at radius 2 is 1.79 bits per heavy atom. The fraction of sp³-hybridized carbons (Fsp3) is 0.200. The van der Waals surface area contributed by atoms with Gasteiger partial charge in [0.2, 0.25) is 0 Å². The first kappa shape index (κ1) is 20.1. The molecule has 6 nitrogen and oxygen atoms in total. The number of hydrogen-bond acceptors (Lipinski definition) is 5. The van der Waals surface area contributed by atoms with Crippen molar-refractivity contribution in [3.63, 3.8) is 0 Å². The molecule has 0 saturated carbocycles. The first-order valence-corrected chi connectivity index (χ1v) is 9.44. The SMILES string of the molecule is O=[N+]([O-])c1ccc(C=N/C=C(/C(=S)N2CCOCC2)c2ccc(Cl)cc2)cc1. The third-order valence-corrected chi connectivity index (χ3v) is 4.95. The Hall–Kier alpha value is -2.61. The van der Waals surface area contributed by atoms with Gasteiger partial charge in [-0.05, 0) is 35.4 Å². The van der Waals surface area contributed by atoms with Crippen LogP contribution in [0, 0.1) is 10.1 Å². The van der Waals surface area contributed by atoms with Gasteiger partial charge in [0, 0.05) is 48.2 Å². The summed E-state index contributed by atoms with van der Waals surface area (Å²) in [6.45, 7) is 2.74. The van der Waals surface area contributed by atoms with E-state index >= 15 is 0 Å². The highest BCUT2D eigenvalue weighted by molar-refractivity contribution is 7.81. The molecule has 2 aromatic rings. The van der Waals surface area contributed by atoms with Crippen molar-refractivity contribution in [3.05, 3.63) is 81.0 Å². The lowest BCUT2D eigenvalue weighted by molar-refractivity contribution is -0.384. The van der Waals surface area contributed by atoms with Crippen LogP contribution in [0.2, 0.25) is 5.02 Å². The van der Waals surface area contributed by atoms with Crippen LogP contribution in [0.5, 0.6) is 0 Å². The number of nitro groups is 1. The molecule has 144 valence electrons. The maximum atomic E-state index is 10.7. The van der Waals surface area contributed by atoms with E-state index in [9.17, 15) is 10.1 Å². The number of halogens is 1. The molecule has 2 aromatic carbocycles. The number of aliphatic imine (C=N–C) groups is 1. The van der Waals surface area contributed by atoms with Gasteiger partial charge in [-0.3, -0.25) is 15.1 Å². The second-order valence-corrected chi connectivity index (χ2v) is 6.90. The van der Waals surface area contributed by atoms with E-state index in [1.807, 2.05) is 24.3 Å². The molecule has 8 heteroatoms. The van der Waals surface area contributed by atoms with Crippen molar-refractivity contribution in [1.29, 1.82) is 0 Å². The molecule has 1 heterocycles. The molecule has 3 rings (SSSR count). The van der Waals surface area contributed by atoms with Crippen molar-refractivity contribution in [1.82, 2.24) is 4.90 Å². The average Bonchev–Trinajstić information content (AvgIpc) is 2.72.